The Morgan fingerprint density at radius 2 is 2.24 bits per heavy atom. The van der Waals surface area contributed by atoms with Crippen molar-refractivity contribution in [2.45, 2.75) is 64.0 Å². The Morgan fingerprint density at radius 1 is 1.32 bits per heavy atom. The zero-order valence-corrected chi connectivity index (χ0v) is 15.3. The maximum absolute atomic E-state index is 5.75. The molecule has 3 N–H and O–H groups in total. The van der Waals surface area contributed by atoms with E-state index in [2.05, 4.69) is 33.9 Å². The van der Waals surface area contributed by atoms with Gasteiger partial charge in [0, 0.05) is 18.6 Å². The molecule has 2 aromatic heterocycles. The standard InChI is InChI=1S/C20H31N5/c1-2-7-18(20-23-13-14-24-20)25(15-4-3-11-21)17-10-5-8-16-9-6-12-22-19(16)17/h6,9,12-14,17-18H,2-5,7-8,10-11,15,21H2,1H3,(H,23,24). The van der Waals surface area contributed by atoms with E-state index in [0.717, 1.165) is 51.0 Å². The van der Waals surface area contributed by atoms with E-state index in [9.17, 15) is 0 Å². The highest BCUT2D eigenvalue weighted by Crippen LogP contribution is 2.38. The molecule has 0 spiro atoms. The number of nitrogens with one attached hydrogen (secondary N) is 1. The summed E-state index contributed by atoms with van der Waals surface area (Å²) in [5, 5.41) is 0. The van der Waals surface area contributed by atoms with E-state index < -0.39 is 0 Å². The van der Waals surface area contributed by atoms with Gasteiger partial charge in [-0.15, -0.1) is 0 Å². The second-order valence-electron chi connectivity index (χ2n) is 6.97. The molecular formula is C20H31N5. The van der Waals surface area contributed by atoms with Crippen LogP contribution in [0.15, 0.2) is 30.7 Å². The lowest BCUT2D eigenvalue weighted by Gasteiger charge is -2.39. The quantitative estimate of drug-likeness (QED) is 0.681. The highest BCUT2D eigenvalue weighted by molar-refractivity contribution is 5.26. The van der Waals surface area contributed by atoms with Crippen molar-refractivity contribution in [2.24, 2.45) is 5.73 Å². The number of aryl methyl sites for hydroxylation is 1. The van der Waals surface area contributed by atoms with Crippen molar-refractivity contribution in [3.8, 4) is 0 Å². The molecule has 5 nitrogen and oxygen atoms in total. The second-order valence-corrected chi connectivity index (χ2v) is 6.97. The normalized spacial score (nSPS) is 18.3. The lowest BCUT2D eigenvalue weighted by Crippen LogP contribution is -2.37. The first-order chi connectivity index (χ1) is 12.3. The van der Waals surface area contributed by atoms with Crippen LogP contribution in [0.3, 0.4) is 0 Å². The van der Waals surface area contributed by atoms with Crippen molar-refractivity contribution in [3.63, 3.8) is 0 Å². The SMILES string of the molecule is CCCC(c1ncc[nH]1)N(CCCCN)C1CCCc2cccnc21. The largest absolute Gasteiger partial charge is 0.347 e. The second kappa shape index (κ2) is 9.11. The van der Waals surface area contributed by atoms with Crippen molar-refractivity contribution in [1.29, 1.82) is 0 Å². The summed E-state index contributed by atoms with van der Waals surface area (Å²) in [5.74, 6) is 1.08. The van der Waals surface area contributed by atoms with Crippen molar-refractivity contribution in [1.82, 2.24) is 19.9 Å². The first-order valence-electron chi connectivity index (χ1n) is 9.74. The van der Waals surface area contributed by atoms with Crippen LogP contribution in [0.4, 0.5) is 0 Å². The molecular weight excluding hydrogens is 310 g/mol. The Labute approximate surface area is 151 Å². The smallest absolute Gasteiger partial charge is 0.123 e. The van der Waals surface area contributed by atoms with Crippen LogP contribution in [0.1, 0.15) is 74.6 Å². The molecule has 25 heavy (non-hydrogen) atoms. The van der Waals surface area contributed by atoms with Crippen LogP contribution < -0.4 is 5.73 Å². The molecule has 0 aliphatic heterocycles. The van der Waals surface area contributed by atoms with Crippen LogP contribution in [0, 0.1) is 0 Å². The van der Waals surface area contributed by atoms with Gasteiger partial charge in [0.05, 0.1) is 17.8 Å². The molecule has 0 aromatic carbocycles. The van der Waals surface area contributed by atoms with Crippen LogP contribution >= 0.6 is 0 Å². The van der Waals surface area contributed by atoms with Gasteiger partial charge in [-0.3, -0.25) is 9.88 Å². The summed E-state index contributed by atoms with van der Waals surface area (Å²) in [6, 6.07) is 5.00. The highest BCUT2D eigenvalue weighted by Gasteiger charge is 2.32. The number of hydrogen-bond acceptors (Lipinski definition) is 4. The Kier molecular flexibility index (Phi) is 6.59. The lowest BCUT2D eigenvalue weighted by molar-refractivity contribution is 0.102. The molecule has 2 atom stereocenters. The van der Waals surface area contributed by atoms with Crippen LogP contribution in [-0.4, -0.2) is 32.9 Å². The van der Waals surface area contributed by atoms with Gasteiger partial charge in [0.15, 0.2) is 0 Å². The average Bonchev–Trinajstić information content (AvgIpc) is 3.18. The predicted octanol–water partition coefficient (Wildman–Crippen LogP) is 3.76. The van der Waals surface area contributed by atoms with Gasteiger partial charge in [0.2, 0.25) is 0 Å². The number of aromatic nitrogens is 3. The number of rotatable bonds is 9. The molecule has 2 aromatic rings. The topological polar surface area (TPSA) is 70.8 Å². The molecule has 1 aliphatic rings. The van der Waals surface area contributed by atoms with E-state index in [1.165, 1.54) is 24.1 Å². The van der Waals surface area contributed by atoms with Crippen molar-refractivity contribution >= 4 is 0 Å². The number of unbranched alkanes of at least 4 members (excludes halogenated alkanes) is 1. The zero-order chi connectivity index (χ0) is 17.5. The number of imidazole rings is 1. The van der Waals surface area contributed by atoms with Crippen LogP contribution in [0.2, 0.25) is 0 Å². The van der Waals surface area contributed by atoms with Gasteiger partial charge in [-0.25, -0.2) is 4.98 Å². The highest BCUT2D eigenvalue weighted by atomic mass is 15.2. The summed E-state index contributed by atoms with van der Waals surface area (Å²) in [6.07, 6.45) is 13.7. The number of nitrogens with zero attached hydrogens (tertiary/aromatic N) is 3. The van der Waals surface area contributed by atoms with E-state index >= 15 is 0 Å². The fraction of sp³-hybridized carbons (Fsp3) is 0.600. The molecule has 0 fully saturated rings. The number of aromatic amines is 1. The van der Waals surface area contributed by atoms with Gasteiger partial charge in [-0.2, -0.15) is 0 Å². The van der Waals surface area contributed by atoms with Gasteiger partial charge in [-0.1, -0.05) is 19.4 Å². The number of fused-ring (bicyclic) bond motifs is 1. The Balaban J connectivity index is 1.91. The maximum Gasteiger partial charge on any atom is 0.123 e. The number of pyridine rings is 1. The van der Waals surface area contributed by atoms with E-state index in [1.807, 2.05) is 18.6 Å². The van der Waals surface area contributed by atoms with Gasteiger partial charge in [-0.05, 0) is 63.2 Å². The predicted molar refractivity (Wildman–Crippen MR) is 101 cm³/mol. The fourth-order valence-electron chi connectivity index (χ4n) is 4.07. The van der Waals surface area contributed by atoms with E-state index in [4.69, 9.17) is 10.7 Å². The van der Waals surface area contributed by atoms with Gasteiger partial charge in [0.25, 0.3) is 0 Å². The van der Waals surface area contributed by atoms with E-state index in [1.54, 1.807) is 0 Å². The molecule has 0 radical (unpaired) electrons. The van der Waals surface area contributed by atoms with Crippen LogP contribution in [0.5, 0.6) is 0 Å². The molecule has 0 amide bonds. The molecule has 2 unspecified atom stereocenters. The van der Waals surface area contributed by atoms with Crippen LogP contribution in [0.25, 0.3) is 0 Å². The lowest BCUT2D eigenvalue weighted by atomic mass is 9.89. The van der Waals surface area contributed by atoms with Gasteiger partial charge in [0.1, 0.15) is 5.82 Å². The monoisotopic (exact) mass is 341 g/mol. The zero-order valence-electron chi connectivity index (χ0n) is 15.3. The summed E-state index contributed by atoms with van der Waals surface area (Å²) in [6.45, 7) is 4.05. The van der Waals surface area contributed by atoms with Gasteiger partial charge >= 0.3 is 0 Å². The number of H-pyrrole nitrogens is 1. The molecule has 2 heterocycles. The summed E-state index contributed by atoms with van der Waals surface area (Å²) < 4.78 is 0. The van der Waals surface area contributed by atoms with Gasteiger partial charge < -0.3 is 10.7 Å². The third kappa shape index (κ3) is 4.28. The summed E-state index contributed by atoms with van der Waals surface area (Å²) in [5.41, 5.74) is 8.44. The third-order valence-corrected chi connectivity index (χ3v) is 5.23. The van der Waals surface area contributed by atoms with Crippen molar-refractivity contribution < 1.29 is 0 Å². The number of nitrogens with two attached hydrogens (primary N) is 1. The minimum atomic E-state index is 0.315. The molecule has 1 aliphatic carbocycles. The molecule has 0 saturated carbocycles. The number of hydrogen-bond donors (Lipinski definition) is 2. The summed E-state index contributed by atoms with van der Waals surface area (Å²) in [4.78, 5) is 15.4. The first-order valence-corrected chi connectivity index (χ1v) is 9.74. The van der Waals surface area contributed by atoms with E-state index in [-0.39, 0.29) is 0 Å². The fourth-order valence-corrected chi connectivity index (χ4v) is 4.07. The molecule has 0 saturated heterocycles. The van der Waals surface area contributed by atoms with Crippen molar-refractivity contribution in [2.75, 3.05) is 13.1 Å². The molecule has 5 heteroatoms. The van der Waals surface area contributed by atoms with Crippen molar-refractivity contribution in [3.05, 3.63) is 47.8 Å². The summed E-state index contributed by atoms with van der Waals surface area (Å²) >= 11 is 0. The first kappa shape index (κ1) is 18.1. The maximum atomic E-state index is 5.75. The molecule has 3 rings (SSSR count). The Bertz CT molecular complexity index is 625. The van der Waals surface area contributed by atoms with Crippen LogP contribution in [-0.2, 0) is 6.42 Å². The Hall–Kier alpha value is -1.72. The molecule has 136 valence electrons. The summed E-state index contributed by atoms with van der Waals surface area (Å²) in [7, 11) is 0. The Morgan fingerprint density at radius 3 is 3.00 bits per heavy atom. The minimum absolute atomic E-state index is 0.315. The third-order valence-electron chi connectivity index (χ3n) is 5.23. The van der Waals surface area contributed by atoms with E-state index in [0.29, 0.717) is 12.1 Å². The average molecular weight is 342 g/mol. The minimum Gasteiger partial charge on any atom is -0.347 e. The molecule has 0 bridgehead atoms.